The quantitative estimate of drug-likeness (QED) is 0.800. The molecule has 1 atom stereocenters. The number of anilines is 1. The first-order valence-electron chi connectivity index (χ1n) is 6.55. The molecule has 1 aromatic heterocycles. The van der Waals surface area contributed by atoms with Crippen molar-refractivity contribution in [3.8, 4) is 0 Å². The molecular weight excluding hydrogens is 294 g/mol. The number of rotatable bonds is 6. The van der Waals surface area contributed by atoms with E-state index in [2.05, 4.69) is 5.32 Å². The van der Waals surface area contributed by atoms with Gasteiger partial charge in [-0.05, 0) is 37.6 Å². The van der Waals surface area contributed by atoms with Crippen LogP contribution in [0.1, 0.15) is 24.7 Å². The molecule has 0 amide bonds. The Morgan fingerprint density at radius 2 is 2.05 bits per heavy atom. The van der Waals surface area contributed by atoms with E-state index in [-0.39, 0.29) is 22.3 Å². The zero-order valence-corrected chi connectivity index (χ0v) is 12.3. The Morgan fingerprint density at radius 3 is 2.57 bits per heavy atom. The van der Waals surface area contributed by atoms with Crippen LogP contribution in [0.3, 0.4) is 0 Å². The van der Waals surface area contributed by atoms with E-state index in [4.69, 9.17) is 22.4 Å². The molecule has 0 bridgehead atoms. The number of furan rings is 1. The summed E-state index contributed by atoms with van der Waals surface area (Å²) in [5.74, 6) is -0.571. The van der Waals surface area contributed by atoms with Gasteiger partial charge in [0.25, 0.3) is 0 Å². The van der Waals surface area contributed by atoms with Gasteiger partial charge in [-0.25, -0.2) is 8.78 Å². The fourth-order valence-corrected chi connectivity index (χ4v) is 2.10. The molecule has 21 heavy (non-hydrogen) atoms. The van der Waals surface area contributed by atoms with Gasteiger partial charge in [-0.1, -0.05) is 12.2 Å². The Kier molecular flexibility index (Phi) is 4.90. The Balaban J connectivity index is 2.03. The lowest BCUT2D eigenvalue weighted by Gasteiger charge is -2.16. The number of thiocarbonyl (C=S) groups is 1. The van der Waals surface area contributed by atoms with E-state index in [1.54, 1.807) is 12.3 Å². The molecule has 0 aliphatic rings. The van der Waals surface area contributed by atoms with Crippen molar-refractivity contribution >= 4 is 22.9 Å². The number of nitrogens with two attached hydrogens (primary N) is 1. The van der Waals surface area contributed by atoms with Crippen molar-refractivity contribution in [1.82, 2.24) is 0 Å². The van der Waals surface area contributed by atoms with E-state index in [1.807, 2.05) is 13.0 Å². The molecule has 2 aromatic rings. The zero-order chi connectivity index (χ0) is 15.4. The molecule has 3 nitrogen and oxygen atoms in total. The highest BCUT2D eigenvalue weighted by atomic mass is 32.1. The number of benzene rings is 1. The fourth-order valence-electron chi connectivity index (χ4n) is 1.99. The molecule has 112 valence electrons. The number of hydrogen-bond acceptors (Lipinski definition) is 3. The molecular formula is C15H16F2N2OS. The highest BCUT2D eigenvalue weighted by Crippen LogP contribution is 2.22. The topological polar surface area (TPSA) is 51.2 Å². The van der Waals surface area contributed by atoms with Gasteiger partial charge in [0.15, 0.2) is 0 Å². The van der Waals surface area contributed by atoms with Crippen LogP contribution in [0.15, 0.2) is 34.9 Å². The summed E-state index contributed by atoms with van der Waals surface area (Å²) < 4.78 is 33.0. The number of nitrogens with one attached hydrogen (secondary N) is 1. The summed E-state index contributed by atoms with van der Waals surface area (Å²) in [5, 5.41) is 2.83. The van der Waals surface area contributed by atoms with Gasteiger partial charge in [-0.3, -0.25) is 0 Å². The SMILES string of the molecule is CC(CCc1ccco1)Nc1c(F)cc(C(N)=S)cc1F. The maximum atomic E-state index is 13.9. The van der Waals surface area contributed by atoms with Crippen molar-refractivity contribution in [2.75, 3.05) is 5.32 Å². The van der Waals surface area contributed by atoms with Crippen molar-refractivity contribution in [2.24, 2.45) is 5.73 Å². The van der Waals surface area contributed by atoms with Gasteiger partial charge in [0.2, 0.25) is 0 Å². The van der Waals surface area contributed by atoms with Gasteiger partial charge in [0.1, 0.15) is 28.1 Å². The maximum Gasteiger partial charge on any atom is 0.150 e. The third-order valence-corrected chi connectivity index (χ3v) is 3.36. The smallest absolute Gasteiger partial charge is 0.150 e. The summed E-state index contributed by atoms with van der Waals surface area (Å²) in [6, 6.07) is 5.82. The van der Waals surface area contributed by atoms with Gasteiger partial charge in [-0.2, -0.15) is 0 Å². The van der Waals surface area contributed by atoms with E-state index in [0.29, 0.717) is 12.8 Å². The second-order valence-corrected chi connectivity index (χ2v) is 5.28. The van der Waals surface area contributed by atoms with E-state index < -0.39 is 11.6 Å². The number of halogens is 2. The zero-order valence-electron chi connectivity index (χ0n) is 11.5. The average molecular weight is 310 g/mol. The lowest BCUT2D eigenvalue weighted by molar-refractivity contribution is 0.494. The minimum Gasteiger partial charge on any atom is -0.469 e. The van der Waals surface area contributed by atoms with Crippen LogP contribution in [-0.4, -0.2) is 11.0 Å². The third-order valence-electron chi connectivity index (χ3n) is 3.12. The molecule has 0 aliphatic carbocycles. The number of aryl methyl sites for hydroxylation is 1. The molecule has 0 aliphatic heterocycles. The van der Waals surface area contributed by atoms with Crippen molar-refractivity contribution < 1.29 is 13.2 Å². The van der Waals surface area contributed by atoms with Crippen LogP contribution in [0, 0.1) is 11.6 Å². The number of hydrogen-bond donors (Lipinski definition) is 2. The maximum absolute atomic E-state index is 13.9. The highest BCUT2D eigenvalue weighted by Gasteiger charge is 2.14. The summed E-state index contributed by atoms with van der Waals surface area (Å²) in [6.45, 7) is 1.85. The van der Waals surface area contributed by atoms with E-state index >= 15 is 0 Å². The monoisotopic (exact) mass is 310 g/mol. The van der Waals surface area contributed by atoms with Crippen LogP contribution in [0.4, 0.5) is 14.5 Å². The lowest BCUT2D eigenvalue weighted by Crippen LogP contribution is -2.19. The second-order valence-electron chi connectivity index (χ2n) is 4.84. The molecule has 0 radical (unpaired) electrons. The third kappa shape index (κ3) is 4.01. The molecule has 1 heterocycles. The van der Waals surface area contributed by atoms with Gasteiger partial charge in [0.05, 0.1) is 6.26 Å². The molecule has 1 unspecified atom stereocenters. The van der Waals surface area contributed by atoms with Crippen LogP contribution in [-0.2, 0) is 6.42 Å². The fraction of sp³-hybridized carbons (Fsp3) is 0.267. The lowest BCUT2D eigenvalue weighted by atomic mass is 10.1. The molecule has 6 heteroatoms. The molecule has 2 rings (SSSR count). The Hall–Kier alpha value is -1.95. The van der Waals surface area contributed by atoms with E-state index in [9.17, 15) is 8.78 Å². The first-order chi connectivity index (χ1) is 9.97. The molecule has 0 saturated heterocycles. The Bertz CT molecular complexity index is 606. The highest BCUT2D eigenvalue weighted by molar-refractivity contribution is 7.80. The summed E-state index contributed by atoms with van der Waals surface area (Å²) in [6.07, 6.45) is 2.97. The van der Waals surface area contributed by atoms with E-state index in [1.165, 1.54) is 0 Å². The van der Waals surface area contributed by atoms with Crippen molar-refractivity contribution in [1.29, 1.82) is 0 Å². The van der Waals surface area contributed by atoms with Crippen molar-refractivity contribution in [3.63, 3.8) is 0 Å². The van der Waals surface area contributed by atoms with Crippen LogP contribution >= 0.6 is 12.2 Å². The predicted octanol–water partition coefficient (Wildman–Crippen LogP) is 3.63. The van der Waals surface area contributed by atoms with Crippen LogP contribution in [0.25, 0.3) is 0 Å². The normalized spacial score (nSPS) is 12.1. The van der Waals surface area contributed by atoms with Crippen molar-refractivity contribution in [2.45, 2.75) is 25.8 Å². The molecule has 0 saturated carbocycles. The molecule has 0 fully saturated rings. The van der Waals surface area contributed by atoms with Gasteiger partial charge < -0.3 is 15.5 Å². The first-order valence-corrected chi connectivity index (χ1v) is 6.96. The van der Waals surface area contributed by atoms with E-state index in [0.717, 1.165) is 17.9 Å². The second kappa shape index (κ2) is 6.67. The minimum atomic E-state index is -0.706. The largest absolute Gasteiger partial charge is 0.469 e. The van der Waals surface area contributed by atoms with Crippen molar-refractivity contribution in [3.05, 3.63) is 53.5 Å². The molecule has 1 aromatic carbocycles. The van der Waals surface area contributed by atoms with Crippen LogP contribution in [0.2, 0.25) is 0 Å². The Morgan fingerprint density at radius 1 is 1.38 bits per heavy atom. The summed E-state index contributed by atoms with van der Waals surface area (Å²) in [4.78, 5) is -0.0368. The molecule has 0 spiro atoms. The predicted molar refractivity (Wildman–Crippen MR) is 82.4 cm³/mol. The van der Waals surface area contributed by atoms with Gasteiger partial charge in [0, 0.05) is 18.0 Å². The summed E-state index contributed by atoms with van der Waals surface area (Å²) >= 11 is 4.71. The van der Waals surface area contributed by atoms with Crippen LogP contribution in [0.5, 0.6) is 0 Å². The summed E-state index contributed by atoms with van der Waals surface area (Å²) in [7, 11) is 0. The first kappa shape index (κ1) is 15.4. The van der Waals surface area contributed by atoms with Gasteiger partial charge >= 0.3 is 0 Å². The average Bonchev–Trinajstić information content (AvgIpc) is 2.93. The summed E-state index contributed by atoms with van der Waals surface area (Å²) in [5.41, 5.74) is 5.38. The Labute approximate surface area is 127 Å². The minimum absolute atomic E-state index is 0.0368. The van der Waals surface area contributed by atoms with Crippen LogP contribution < -0.4 is 11.1 Å². The van der Waals surface area contributed by atoms with Gasteiger partial charge in [-0.15, -0.1) is 0 Å². The molecule has 3 N–H and O–H groups in total. The standard InChI is InChI=1S/C15H16F2N2OS/c1-9(4-5-11-3-2-6-20-11)19-14-12(16)7-10(15(18)21)8-13(14)17/h2-3,6-9,19H,4-5H2,1H3,(H2,18,21).